The van der Waals surface area contributed by atoms with Crippen molar-refractivity contribution in [2.24, 2.45) is 4.99 Å². The fourth-order valence-electron chi connectivity index (χ4n) is 3.63. The maximum Gasteiger partial charge on any atom is 0.0688 e. The highest BCUT2D eigenvalue weighted by molar-refractivity contribution is 5.92. The Balaban J connectivity index is 2.00. The molecule has 2 aromatic carbocycles. The molecule has 0 aromatic heterocycles. The fourth-order valence-corrected chi connectivity index (χ4v) is 3.63. The summed E-state index contributed by atoms with van der Waals surface area (Å²) < 4.78 is 0. The summed E-state index contributed by atoms with van der Waals surface area (Å²) in [6.07, 6.45) is 5.35. The third-order valence-electron chi connectivity index (χ3n) is 4.65. The minimum absolute atomic E-state index is 1.04. The van der Waals surface area contributed by atoms with Gasteiger partial charge in [0.25, 0.3) is 0 Å². The summed E-state index contributed by atoms with van der Waals surface area (Å²) in [5.41, 5.74) is 11.6. The quantitative estimate of drug-likeness (QED) is 0.574. The molecular weight excluding hydrogens is 290 g/mol. The number of hydrogen-bond acceptors (Lipinski definition) is 1. The van der Waals surface area contributed by atoms with E-state index in [0.29, 0.717) is 0 Å². The van der Waals surface area contributed by atoms with E-state index in [4.69, 9.17) is 4.99 Å². The first-order valence-corrected chi connectivity index (χ1v) is 8.54. The summed E-state index contributed by atoms with van der Waals surface area (Å²) in [6.45, 7) is 10.8. The van der Waals surface area contributed by atoms with E-state index in [-0.39, 0.29) is 0 Å². The van der Waals surface area contributed by atoms with Gasteiger partial charge in [0.1, 0.15) is 0 Å². The van der Waals surface area contributed by atoms with Gasteiger partial charge in [-0.25, -0.2) is 0 Å². The number of aryl methyl sites for hydroxylation is 3. The molecule has 0 fully saturated rings. The molecule has 1 heteroatoms. The third kappa shape index (κ3) is 3.26. The van der Waals surface area contributed by atoms with Crippen LogP contribution in [0.5, 0.6) is 0 Å². The Morgan fingerprint density at radius 1 is 0.917 bits per heavy atom. The molecule has 0 saturated carbocycles. The van der Waals surface area contributed by atoms with Crippen molar-refractivity contribution >= 4 is 17.5 Å². The lowest BCUT2D eigenvalue weighted by Crippen LogP contribution is -1.93. The number of benzene rings is 2. The van der Waals surface area contributed by atoms with Crippen molar-refractivity contribution < 1.29 is 0 Å². The predicted molar refractivity (Wildman–Crippen MR) is 105 cm³/mol. The molecule has 0 spiro atoms. The molecule has 0 radical (unpaired) electrons. The number of rotatable bonds is 3. The van der Waals surface area contributed by atoms with Crippen LogP contribution in [0.2, 0.25) is 0 Å². The molecule has 1 aliphatic carbocycles. The lowest BCUT2D eigenvalue weighted by Gasteiger charge is -2.10. The van der Waals surface area contributed by atoms with Crippen molar-refractivity contribution in [2.75, 3.05) is 0 Å². The number of aliphatic imine (C=N–C) groups is 1. The van der Waals surface area contributed by atoms with E-state index in [1.165, 1.54) is 44.5 Å². The largest absolute Gasteiger partial charge is 0.256 e. The van der Waals surface area contributed by atoms with Gasteiger partial charge < -0.3 is 0 Å². The molecule has 0 heterocycles. The van der Waals surface area contributed by atoms with Crippen LogP contribution < -0.4 is 0 Å². The molecule has 122 valence electrons. The standard InChI is InChI=1S/C23H25N/c1-15-11-18(4)23(19(5)12-15)24-14-20-8-6-7-9-21(20)22-13-16(2)10-17(22)3/h6-12,14H,13H2,1-5H3/b24-14+. The third-order valence-corrected chi connectivity index (χ3v) is 4.65. The molecule has 0 N–H and O–H groups in total. The molecule has 0 bridgehead atoms. The smallest absolute Gasteiger partial charge is 0.0688 e. The minimum atomic E-state index is 1.04. The topological polar surface area (TPSA) is 12.4 Å². The lowest BCUT2D eigenvalue weighted by atomic mass is 9.96. The second kappa shape index (κ2) is 6.60. The Morgan fingerprint density at radius 2 is 1.58 bits per heavy atom. The molecule has 0 unspecified atom stereocenters. The molecule has 2 aromatic rings. The molecule has 1 nitrogen and oxygen atoms in total. The van der Waals surface area contributed by atoms with E-state index in [1.807, 2.05) is 6.21 Å². The summed E-state index contributed by atoms with van der Waals surface area (Å²) in [5, 5.41) is 0. The lowest BCUT2D eigenvalue weighted by molar-refractivity contribution is 1.26. The van der Waals surface area contributed by atoms with Crippen LogP contribution in [-0.2, 0) is 0 Å². The molecule has 0 amide bonds. The molecule has 0 saturated heterocycles. The van der Waals surface area contributed by atoms with Gasteiger partial charge in [0.15, 0.2) is 0 Å². The predicted octanol–water partition coefficient (Wildman–Crippen LogP) is 6.49. The van der Waals surface area contributed by atoms with Gasteiger partial charge in [-0.15, -0.1) is 0 Å². The zero-order valence-electron chi connectivity index (χ0n) is 15.3. The van der Waals surface area contributed by atoms with Crippen LogP contribution in [0, 0.1) is 20.8 Å². The van der Waals surface area contributed by atoms with Crippen LogP contribution in [0.25, 0.3) is 5.57 Å². The van der Waals surface area contributed by atoms with Gasteiger partial charge in [-0.05, 0) is 68.9 Å². The first-order valence-electron chi connectivity index (χ1n) is 8.54. The van der Waals surface area contributed by atoms with Crippen LogP contribution in [0.1, 0.15) is 48.1 Å². The van der Waals surface area contributed by atoms with Crippen LogP contribution in [0.15, 0.2) is 58.6 Å². The Labute approximate surface area is 145 Å². The molecule has 0 aliphatic heterocycles. The molecular formula is C23H25N. The normalized spacial score (nSPS) is 14.6. The number of nitrogens with zero attached hydrogens (tertiary/aromatic N) is 1. The van der Waals surface area contributed by atoms with Crippen LogP contribution in [0.3, 0.4) is 0 Å². The maximum atomic E-state index is 4.83. The highest BCUT2D eigenvalue weighted by Crippen LogP contribution is 2.34. The highest BCUT2D eigenvalue weighted by atomic mass is 14.7. The van der Waals surface area contributed by atoms with Crippen molar-refractivity contribution in [3.05, 3.63) is 81.4 Å². The van der Waals surface area contributed by atoms with Crippen molar-refractivity contribution in [3.63, 3.8) is 0 Å². The Morgan fingerprint density at radius 3 is 2.21 bits per heavy atom. The van der Waals surface area contributed by atoms with Crippen molar-refractivity contribution in [3.8, 4) is 0 Å². The van der Waals surface area contributed by atoms with Crippen LogP contribution in [-0.4, -0.2) is 6.21 Å². The first-order chi connectivity index (χ1) is 11.5. The zero-order chi connectivity index (χ0) is 17.3. The SMILES string of the molecule is CC1=CC(C)=C(c2ccccc2/C=N/c2c(C)cc(C)cc2C)C1. The van der Waals surface area contributed by atoms with Gasteiger partial charge in [0.05, 0.1) is 5.69 Å². The van der Waals surface area contributed by atoms with Crippen molar-refractivity contribution in [2.45, 2.75) is 41.0 Å². The van der Waals surface area contributed by atoms with Gasteiger partial charge >= 0.3 is 0 Å². The number of hydrogen-bond donors (Lipinski definition) is 0. The minimum Gasteiger partial charge on any atom is -0.256 e. The van der Waals surface area contributed by atoms with Crippen molar-refractivity contribution in [1.29, 1.82) is 0 Å². The summed E-state index contributed by atoms with van der Waals surface area (Å²) in [4.78, 5) is 4.83. The Hall–Kier alpha value is -2.41. The van der Waals surface area contributed by atoms with Gasteiger partial charge in [-0.3, -0.25) is 4.99 Å². The zero-order valence-corrected chi connectivity index (χ0v) is 15.3. The van der Waals surface area contributed by atoms with Crippen LogP contribution in [0.4, 0.5) is 5.69 Å². The highest BCUT2D eigenvalue weighted by Gasteiger charge is 2.14. The average molecular weight is 315 g/mol. The molecule has 0 atom stereocenters. The first kappa shape index (κ1) is 16.4. The Kier molecular flexibility index (Phi) is 4.53. The van der Waals surface area contributed by atoms with Crippen LogP contribution >= 0.6 is 0 Å². The van der Waals surface area contributed by atoms with E-state index in [0.717, 1.165) is 12.1 Å². The monoisotopic (exact) mass is 315 g/mol. The number of allylic oxidation sites excluding steroid dienone is 4. The molecule has 1 aliphatic rings. The van der Waals surface area contributed by atoms with E-state index in [2.05, 4.69) is 77.1 Å². The van der Waals surface area contributed by atoms with Crippen molar-refractivity contribution in [1.82, 2.24) is 0 Å². The maximum absolute atomic E-state index is 4.83. The van der Waals surface area contributed by atoms with Gasteiger partial charge in [0, 0.05) is 11.8 Å². The van der Waals surface area contributed by atoms with E-state index in [9.17, 15) is 0 Å². The van der Waals surface area contributed by atoms with E-state index >= 15 is 0 Å². The summed E-state index contributed by atoms with van der Waals surface area (Å²) in [6, 6.07) is 13.0. The second-order valence-corrected chi connectivity index (χ2v) is 6.92. The van der Waals surface area contributed by atoms with E-state index in [1.54, 1.807) is 0 Å². The van der Waals surface area contributed by atoms with Gasteiger partial charge in [0.2, 0.25) is 0 Å². The molecule has 3 rings (SSSR count). The van der Waals surface area contributed by atoms with Gasteiger partial charge in [-0.1, -0.05) is 53.6 Å². The summed E-state index contributed by atoms with van der Waals surface area (Å²) >= 11 is 0. The second-order valence-electron chi connectivity index (χ2n) is 6.92. The average Bonchev–Trinajstić information content (AvgIpc) is 2.85. The Bertz CT molecular complexity index is 856. The summed E-state index contributed by atoms with van der Waals surface area (Å²) in [7, 11) is 0. The summed E-state index contributed by atoms with van der Waals surface area (Å²) in [5.74, 6) is 0. The fraction of sp³-hybridized carbons (Fsp3) is 0.261. The van der Waals surface area contributed by atoms with Gasteiger partial charge in [-0.2, -0.15) is 0 Å². The molecule has 24 heavy (non-hydrogen) atoms. The van der Waals surface area contributed by atoms with E-state index < -0.39 is 0 Å².